The number of piperidine rings is 1. The van der Waals surface area contributed by atoms with E-state index in [-0.39, 0.29) is 5.91 Å². The largest absolute Gasteiger partial charge is 0.371 e. The molecule has 7 nitrogen and oxygen atoms in total. The summed E-state index contributed by atoms with van der Waals surface area (Å²) in [5, 5.41) is 17.5. The minimum Gasteiger partial charge on any atom is -0.371 e. The molecule has 2 aliphatic heterocycles. The van der Waals surface area contributed by atoms with Crippen LogP contribution in [0, 0.1) is 25.2 Å². The Morgan fingerprint density at radius 3 is 2.36 bits per heavy atom. The van der Waals surface area contributed by atoms with Crippen LogP contribution in [0.4, 0.5) is 5.69 Å². The summed E-state index contributed by atoms with van der Waals surface area (Å²) in [6.07, 6.45) is 3.04. The smallest absolute Gasteiger partial charge is 0.254 e. The fraction of sp³-hybridized carbons (Fsp3) is 0.385. The number of aromatic amines is 1. The maximum atomic E-state index is 13.5. The van der Waals surface area contributed by atoms with Gasteiger partial charge in [-0.3, -0.25) is 4.79 Å². The summed E-state index contributed by atoms with van der Waals surface area (Å²) in [5.41, 5.74) is 5.72. The fourth-order valence-electron chi connectivity index (χ4n) is 4.82. The molecule has 3 aromatic rings. The number of hydrogen-bond donors (Lipinski definition) is 1. The predicted molar refractivity (Wildman–Crippen MR) is 127 cm³/mol. The van der Waals surface area contributed by atoms with Crippen molar-refractivity contribution >= 4 is 11.6 Å². The van der Waals surface area contributed by atoms with Gasteiger partial charge in [0, 0.05) is 43.0 Å². The molecule has 2 saturated heterocycles. The third-order valence-electron chi connectivity index (χ3n) is 6.92. The Morgan fingerprint density at radius 1 is 1.06 bits per heavy atom. The highest BCUT2D eigenvalue weighted by Crippen LogP contribution is 2.35. The summed E-state index contributed by atoms with van der Waals surface area (Å²) < 4.78 is 0. The molecular weight excluding hydrogens is 412 g/mol. The highest BCUT2D eigenvalue weighted by Gasteiger charge is 2.28. The normalized spacial score (nSPS) is 16.4. The van der Waals surface area contributed by atoms with Crippen molar-refractivity contribution in [2.45, 2.75) is 39.0 Å². The minimum absolute atomic E-state index is 0.0819. The van der Waals surface area contributed by atoms with E-state index in [1.54, 1.807) is 0 Å². The van der Waals surface area contributed by atoms with Crippen molar-refractivity contribution in [1.82, 2.24) is 20.1 Å². The lowest BCUT2D eigenvalue weighted by Gasteiger charge is -2.36. The lowest BCUT2D eigenvalue weighted by molar-refractivity contribution is 0.0712. The quantitative estimate of drug-likeness (QED) is 0.657. The molecule has 1 aromatic heterocycles. The molecule has 5 rings (SSSR count). The molecule has 2 aromatic carbocycles. The number of amides is 1. The van der Waals surface area contributed by atoms with Gasteiger partial charge in [-0.25, -0.2) is 0 Å². The summed E-state index contributed by atoms with van der Waals surface area (Å²) in [5.74, 6) is 1.98. The van der Waals surface area contributed by atoms with Gasteiger partial charge in [0.2, 0.25) is 0 Å². The van der Waals surface area contributed by atoms with Gasteiger partial charge < -0.3 is 14.8 Å². The molecule has 1 amide bonds. The van der Waals surface area contributed by atoms with Crippen molar-refractivity contribution in [2.75, 3.05) is 31.1 Å². The van der Waals surface area contributed by atoms with Crippen LogP contribution in [0.3, 0.4) is 0 Å². The second-order valence-electron chi connectivity index (χ2n) is 9.08. The van der Waals surface area contributed by atoms with E-state index in [0.29, 0.717) is 17.3 Å². The van der Waals surface area contributed by atoms with Crippen molar-refractivity contribution in [2.24, 2.45) is 0 Å². The molecule has 0 radical (unpaired) electrons. The van der Waals surface area contributed by atoms with Gasteiger partial charge in [0.05, 0.1) is 11.6 Å². The molecule has 2 fully saturated rings. The Bertz CT molecular complexity index is 1210. The summed E-state index contributed by atoms with van der Waals surface area (Å²) in [4.78, 5) is 21.1. The van der Waals surface area contributed by atoms with E-state index >= 15 is 0 Å². The Balaban J connectivity index is 1.36. The number of rotatable bonds is 4. The molecule has 3 heterocycles. The molecule has 1 N–H and O–H groups in total. The third-order valence-corrected chi connectivity index (χ3v) is 6.92. The highest BCUT2D eigenvalue weighted by molar-refractivity contribution is 5.98. The van der Waals surface area contributed by atoms with Crippen LogP contribution in [0.2, 0.25) is 0 Å². The number of aromatic nitrogens is 3. The lowest BCUT2D eigenvalue weighted by Crippen LogP contribution is -2.39. The number of nitrogens with one attached hydrogen (secondary N) is 1. The van der Waals surface area contributed by atoms with Crippen LogP contribution in [-0.4, -0.2) is 52.2 Å². The maximum Gasteiger partial charge on any atom is 0.254 e. The molecule has 0 spiro atoms. The molecule has 168 valence electrons. The monoisotopic (exact) mass is 440 g/mol. The molecule has 7 heteroatoms. The number of anilines is 1. The molecule has 0 bridgehead atoms. The molecular formula is C26H28N6O. The van der Waals surface area contributed by atoms with Crippen LogP contribution in [0.1, 0.15) is 58.1 Å². The molecule has 2 aliphatic rings. The molecule has 33 heavy (non-hydrogen) atoms. The van der Waals surface area contributed by atoms with Gasteiger partial charge in [-0.05, 0) is 74.4 Å². The van der Waals surface area contributed by atoms with E-state index in [9.17, 15) is 4.79 Å². The summed E-state index contributed by atoms with van der Waals surface area (Å²) in [7, 11) is 0. The van der Waals surface area contributed by atoms with Gasteiger partial charge in [-0.1, -0.05) is 12.1 Å². The zero-order chi connectivity index (χ0) is 22.9. The predicted octanol–water partition coefficient (Wildman–Crippen LogP) is 4.19. The zero-order valence-electron chi connectivity index (χ0n) is 19.1. The Kier molecular flexibility index (Phi) is 5.59. The standard InChI is InChI=1S/C26H28N6O/c1-17-14-24(31-10-3-11-31)23(25-28-18(2)29-30-25)15-22(17)26(33)32-12-8-21(9-13-32)20-6-4-19(16-27)5-7-20/h4-7,14-15,21H,3,8-13H2,1-2H3,(H,28,29,30). The topological polar surface area (TPSA) is 88.9 Å². The molecule has 0 aliphatic carbocycles. The summed E-state index contributed by atoms with van der Waals surface area (Å²) in [6, 6.07) is 14.1. The maximum absolute atomic E-state index is 13.5. The van der Waals surface area contributed by atoms with Crippen molar-refractivity contribution in [3.05, 3.63) is 64.5 Å². The van der Waals surface area contributed by atoms with Crippen molar-refractivity contribution in [3.8, 4) is 17.5 Å². The van der Waals surface area contributed by atoms with Crippen LogP contribution in [0.15, 0.2) is 36.4 Å². The van der Waals surface area contributed by atoms with E-state index in [1.807, 2.05) is 49.1 Å². The van der Waals surface area contributed by atoms with Gasteiger partial charge in [-0.2, -0.15) is 5.26 Å². The van der Waals surface area contributed by atoms with E-state index < -0.39 is 0 Å². The number of aryl methyl sites for hydroxylation is 2. The van der Waals surface area contributed by atoms with E-state index in [1.165, 1.54) is 12.0 Å². The Hall–Kier alpha value is -3.66. The van der Waals surface area contributed by atoms with Gasteiger partial charge >= 0.3 is 0 Å². The first-order valence-electron chi connectivity index (χ1n) is 11.6. The number of nitriles is 1. The number of carbonyl (C=O) groups excluding carboxylic acids is 1. The number of nitrogens with zero attached hydrogens (tertiary/aromatic N) is 5. The van der Waals surface area contributed by atoms with E-state index in [0.717, 1.165) is 67.2 Å². The van der Waals surface area contributed by atoms with Crippen LogP contribution in [-0.2, 0) is 0 Å². The van der Waals surface area contributed by atoms with Crippen LogP contribution < -0.4 is 4.90 Å². The lowest BCUT2D eigenvalue weighted by atomic mass is 9.88. The summed E-state index contributed by atoms with van der Waals surface area (Å²) in [6.45, 7) is 7.42. The Morgan fingerprint density at radius 2 is 1.79 bits per heavy atom. The molecule has 0 unspecified atom stereocenters. The first-order chi connectivity index (χ1) is 16.0. The molecule has 0 atom stereocenters. The first-order valence-corrected chi connectivity index (χ1v) is 11.6. The fourth-order valence-corrected chi connectivity index (χ4v) is 4.82. The first kappa shape index (κ1) is 21.2. The van der Waals surface area contributed by atoms with Crippen molar-refractivity contribution < 1.29 is 4.79 Å². The number of likely N-dealkylation sites (tertiary alicyclic amines) is 1. The molecule has 0 saturated carbocycles. The van der Waals surface area contributed by atoms with Gasteiger partial charge in [0.15, 0.2) is 5.82 Å². The second-order valence-corrected chi connectivity index (χ2v) is 9.08. The van der Waals surface area contributed by atoms with E-state index in [2.05, 4.69) is 32.2 Å². The average molecular weight is 441 g/mol. The Labute approximate surface area is 194 Å². The number of benzene rings is 2. The van der Waals surface area contributed by atoms with Gasteiger partial charge in [-0.15, -0.1) is 10.2 Å². The van der Waals surface area contributed by atoms with Crippen LogP contribution >= 0.6 is 0 Å². The van der Waals surface area contributed by atoms with Gasteiger partial charge in [0.1, 0.15) is 5.82 Å². The third kappa shape index (κ3) is 4.09. The zero-order valence-corrected chi connectivity index (χ0v) is 19.1. The average Bonchev–Trinajstić information content (AvgIpc) is 3.24. The number of H-pyrrole nitrogens is 1. The van der Waals surface area contributed by atoms with Crippen molar-refractivity contribution in [3.63, 3.8) is 0 Å². The minimum atomic E-state index is 0.0819. The van der Waals surface area contributed by atoms with E-state index in [4.69, 9.17) is 5.26 Å². The van der Waals surface area contributed by atoms with Crippen LogP contribution in [0.25, 0.3) is 11.4 Å². The SMILES string of the molecule is Cc1nnc(-c2cc(C(=O)N3CCC(c4ccc(C#N)cc4)CC3)c(C)cc2N2CCC2)[nH]1. The van der Waals surface area contributed by atoms with Gasteiger partial charge in [0.25, 0.3) is 5.91 Å². The van der Waals surface area contributed by atoms with Crippen molar-refractivity contribution in [1.29, 1.82) is 5.26 Å². The number of carbonyl (C=O) groups is 1. The number of hydrogen-bond acceptors (Lipinski definition) is 5. The van der Waals surface area contributed by atoms with Crippen LogP contribution in [0.5, 0.6) is 0 Å². The second kappa shape index (κ2) is 8.70. The summed E-state index contributed by atoms with van der Waals surface area (Å²) >= 11 is 0. The highest BCUT2D eigenvalue weighted by atomic mass is 16.2.